The maximum absolute atomic E-state index is 5.89. The van der Waals surface area contributed by atoms with Gasteiger partial charge in [0.1, 0.15) is 0 Å². The summed E-state index contributed by atoms with van der Waals surface area (Å²) in [7, 11) is 0. The summed E-state index contributed by atoms with van der Waals surface area (Å²) < 4.78 is 2.17. The zero-order valence-corrected chi connectivity index (χ0v) is 9.26. The summed E-state index contributed by atoms with van der Waals surface area (Å²) in [4.78, 5) is 0. The lowest BCUT2D eigenvalue weighted by atomic mass is 10.1. The summed E-state index contributed by atoms with van der Waals surface area (Å²) in [5, 5.41) is 0. The molecule has 0 atom stereocenters. The van der Waals surface area contributed by atoms with Gasteiger partial charge in [-0.25, -0.2) is 0 Å². The van der Waals surface area contributed by atoms with E-state index in [2.05, 4.69) is 17.0 Å². The number of rotatable bonds is 4. The molecule has 2 rings (SSSR count). The Bertz CT molecular complexity index is 446. The molecule has 2 aromatic rings. The summed E-state index contributed by atoms with van der Waals surface area (Å²) in [5.41, 5.74) is 14.4. The zero-order chi connectivity index (χ0) is 11.4. The predicted molar refractivity (Wildman–Crippen MR) is 68.0 cm³/mol. The second-order valence-corrected chi connectivity index (χ2v) is 3.98. The fraction of sp³-hybridized carbons (Fsp3) is 0.231. The molecule has 1 aromatic carbocycles. The number of nitrogen functional groups attached to an aromatic ring is 2. The van der Waals surface area contributed by atoms with E-state index in [1.807, 2.05) is 30.3 Å². The first-order chi connectivity index (χ1) is 7.75. The van der Waals surface area contributed by atoms with Crippen molar-refractivity contribution >= 4 is 11.4 Å². The average Bonchev–Trinajstić information content (AvgIpc) is 2.76. The number of hydrogen-bond acceptors (Lipinski definition) is 2. The molecule has 0 radical (unpaired) electrons. The Morgan fingerprint density at radius 3 is 2.56 bits per heavy atom. The van der Waals surface area contributed by atoms with E-state index in [9.17, 15) is 0 Å². The number of nitrogens with zero attached hydrogens (tertiary/aromatic N) is 1. The van der Waals surface area contributed by atoms with Crippen LogP contribution in [0, 0.1) is 0 Å². The van der Waals surface area contributed by atoms with Crippen LogP contribution in [0.15, 0.2) is 42.7 Å². The highest BCUT2D eigenvalue weighted by Gasteiger charge is 1.99. The summed E-state index contributed by atoms with van der Waals surface area (Å²) in [6.45, 7) is 1.02. The molecule has 3 nitrogen and oxygen atoms in total. The van der Waals surface area contributed by atoms with E-state index < -0.39 is 0 Å². The van der Waals surface area contributed by atoms with Crippen LogP contribution in [-0.2, 0) is 13.0 Å². The average molecular weight is 215 g/mol. The van der Waals surface area contributed by atoms with Crippen molar-refractivity contribution in [2.75, 3.05) is 11.5 Å². The SMILES string of the molecule is Nc1ccc(N)c(CCCn2cccc2)c1. The monoisotopic (exact) mass is 215 g/mol. The van der Waals surface area contributed by atoms with Gasteiger partial charge >= 0.3 is 0 Å². The molecule has 0 spiro atoms. The largest absolute Gasteiger partial charge is 0.399 e. The molecular formula is C13H17N3. The van der Waals surface area contributed by atoms with Crippen LogP contribution >= 0.6 is 0 Å². The van der Waals surface area contributed by atoms with Crippen LogP contribution in [0.3, 0.4) is 0 Å². The van der Waals surface area contributed by atoms with Crippen molar-refractivity contribution in [3.8, 4) is 0 Å². The fourth-order valence-electron chi connectivity index (χ4n) is 1.81. The Kier molecular flexibility index (Phi) is 3.15. The van der Waals surface area contributed by atoms with Gasteiger partial charge < -0.3 is 16.0 Å². The van der Waals surface area contributed by atoms with Gasteiger partial charge in [-0.15, -0.1) is 0 Å². The first-order valence-electron chi connectivity index (χ1n) is 5.50. The van der Waals surface area contributed by atoms with Crippen molar-refractivity contribution in [3.63, 3.8) is 0 Å². The number of hydrogen-bond donors (Lipinski definition) is 2. The lowest BCUT2D eigenvalue weighted by Crippen LogP contribution is -2.00. The van der Waals surface area contributed by atoms with Crippen molar-refractivity contribution in [1.29, 1.82) is 0 Å². The van der Waals surface area contributed by atoms with Gasteiger partial charge in [-0.1, -0.05) is 0 Å². The molecule has 0 bridgehead atoms. The smallest absolute Gasteiger partial charge is 0.0348 e. The molecule has 0 aliphatic heterocycles. The molecule has 84 valence electrons. The van der Waals surface area contributed by atoms with Crippen LogP contribution in [0.1, 0.15) is 12.0 Å². The number of anilines is 2. The van der Waals surface area contributed by atoms with E-state index >= 15 is 0 Å². The van der Waals surface area contributed by atoms with Gasteiger partial charge in [-0.3, -0.25) is 0 Å². The third kappa shape index (κ3) is 2.57. The van der Waals surface area contributed by atoms with Crippen LogP contribution in [0.2, 0.25) is 0 Å². The minimum absolute atomic E-state index is 0.783. The van der Waals surface area contributed by atoms with E-state index in [0.29, 0.717) is 0 Å². The van der Waals surface area contributed by atoms with Crippen LogP contribution in [0.5, 0.6) is 0 Å². The van der Waals surface area contributed by atoms with Gasteiger partial charge in [0, 0.05) is 30.3 Å². The first kappa shape index (κ1) is 10.6. The number of benzene rings is 1. The van der Waals surface area contributed by atoms with Gasteiger partial charge in [0.2, 0.25) is 0 Å². The minimum atomic E-state index is 0.783. The lowest BCUT2D eigenvalue weighted by molar-refractivity contribution is 0.646. The molecular weight excluding hydrogens is 198 g/mol. The molecule has 0 saturated carbocycles. The third-order valence-corrected chi connectivity index (χ3v) is 2.70. The Balaban J connectivity index is 1.92. The van der Waals surface area contributed by atoms with Crippen LogP contribution in [-0.4, -0.2) is 4.57 Å². The quantitative estimate of drug-likeness (QED) is 0.769. The van der Waals surface area contributed by atoms with E-state index in [-0.39, 0.29) is 0 Å². The molecule has 0 fully saturated rings. The maximum atomic E-state index is 5.89. The number of aryl methyl sites for hydroxylation is 2. The summed E-state index contributed by atoms with van der Waals surface area (Å²) in [5.74, 6) is 0. The highest BCUT2D eigenvalue weighted by Crippen LogP contribution is 2.17. The lowest BCUT2D eigenvalue weighted by Gasteiger charge is -2.07. The molecule has 0 amide bonds. The molecule has 16 heavy (non-hydrogen) atoms. The minimum Gasteiger partial charge on any atom is -0.399 e. The van der Waals surface area contributed by atoms with Gasteiger partial charge in [0.15, 0.2) is 0 Å². The molecule has 0 saturated heterocycles. The van der Waals surface area contributed by atoms with Crippen molar-refractivity contribution in [2.45, 2.75) is 19.4 Å². The molecule has 0 unspecified atom stereocenters. The third-order valence-electron chi connectivity index (χ3n) is 2.70. The maximum Gasteiger partial charge on any atom is 0.0348 e. The van der Waals surface area contributed by atoms with Crippen molar-refractivity contribution in [2.24, 2.45) is 0 Å². The van der Waals surface area contributed by atoms with Gasteiger partial charge in [-0.05, 0) is 48.7 Å². The van der Waals surface area contributed by atoms with Crippen LogP contribution in [0.25, 0.3) is 0 Å². The van der Waals surface area contributed by atoms with E-state index in [0.717, 1.165) is 36.3 Å². The van der Waals surface area contributed by atoms with Gasteiger partial charge in [-0.2, -0.15) is 0 Å². The summed E-state index contributed by atoms with van der Waals surface area (Å²) >= 11 is 0. The zero-order valence-electron chi connectivity index (χ0n) is 9.26. The molecule has 0 aliphatic rings. The fourth-order valence-corrected chi connectivity index (χ4v) is 1.81. The van der Waals surface area contributed by atoms with E-state index in [4.69, 9.17) is 11.5 Å². The molecule has 0 aliphatic carbocycles. The Hall–Kier alpha value is -1.90. The standard InChI is InChI=1S/C13H17N3/c14-12-5-6-13(15)11(10-12)4-3-9-16-7-1-2-8-16/h1-2,5-8,10H,3-4,9,14-15H2. The first-order valence-corrected chi connectivity index (χ1v) is 5.50. The Labute approximate surface area is 95.7 Å². The highest BCUT2D eigenvalue weighted by molar-refractivity contribution is 5.55. The molecule has 4 N–H and O–H groups in total. The topological polar surface area (TPSA) is 57.0 Å². The normalized spacial score (nSPS) is 10.5. The van der Waals surface area contributed by atoms with Crippen molar-refractivity contribution < 1.29 is 0 Å². The predicted octanol–water partition coefficient (Wildman–Crippen LogP) is 2.29. The Morgan fingerprint density at radius 1 is 1.06 bits per heavy atom. The van der Waals surface area contributed by atoms with E-state index in [1.165, 1.54) is 0 Å². The van der Waals surface area contributed by atoms with Gasteiger partial charge in [0.25, 0.3) is 0 Å². The van der Waals surface area contributed by atoms with E-state index in [1.54, 1.807) is 0 Å². The molecule has 3 heteroatoms. The Morgan fingerprint density at radius 2 is 1.81 bits per heavy atom. The number of nitrogens with two attached hydrogens (primary N) is 2. The van der Waals surface area contributed by atoms with Crippen LogP contribution < -0.4 is 11.5 Å². The van der Waals surface area contributed by atoms with Crippen LogP contribution in [0.4, 0.5) is 11.4 Å². The number of aromatic nitrogens is 1. The second kappa shape index (κ2) is 4.75. The molecule has 1 heterocycles. The van der Waals surface area contributed by atoms with Crippen molar-refractivity contribution in [3.05, 3.63) is 48.3 Å². The molecule has 1 aromatic heterocycles. The second-order valence-electron chi connectivity index (χ2n) is 3.98. The van der Waals surface area contributed by atoms with Crippen molar-refractivity contribution in [1.82, 2.24) is 4.57 Å². The van der Waals surface area contributed by atoms with Gasteiger partial charge in [0.05, 0.1) is 0 Å². The summed E-state index contributed by atoms with van der Waals surface area (Å²) in [6, 6.07) is 9.75. The highest BCUT2D eigenvalue weighted by atomic mass is 14.9. The summed E-state index contributed by atoms with van der Waals surface area (Å²) in [6.07, 6.45) is 6.18.